The first-order valence-corrected chi connectivity index (χ1v) is 7.61. The van der Waals surface area contributed by atoms with Gasteiger partial charge >= 0.3 is 0 Å². The second kappa shape index (κ2) is 8.94. The van der Waals surface area contributed by atoms with Crippen LogP contribution in [0.3, 0.4) is 0 Å². The van der Waals surface area contributed by atoms with E-state index in [9.17, 15) is 4.79 Å². The molecule has 1 amide bonds. The third kappa shape index (κ3) is 4.82. The van der Waals surface area contributed by atoms with Crippen LogP contribution in [0.1, 0.15) is 37.6 Å². The minimum absolute atomic E-state index is 0.0712. The van der Waals surface area contributed by atoms with E-state index in [1.807, 2.05) is 6.92 Å². The van der Waals surface area contributed by atoms with Crippen LogP contribution in [0.25, 0.3) is 0 Å². The zero-order chi connectivity index (χ0) is 17.4. The molecule has 0 fully saturated rings. The fraction of sp³-hybridized carbons (Fsp3) is 0.500. The second-order valence-electron chi connectivity index (χ2n) is 5.35. The van der Waals surface area contributed by atoms with Crippen molar-refractivity contribution in [2.75, 3.05) is 20.8 Å². The lowest BCUT2D eigenvalue weighted by Gasteiger charge is -2.20. The van der Waals surface area contributed by atoms with Gasteiger partial charge < -0.3 is 19.5 Å². The maximum absolute atomic E-state index is 12.4. The van der Waals surface area contributed by atoms with E-state index in [-0.39, 0.29) is 18.6 Å². The first kappa shape index (κ1) is 18.7. The largest absolute Gasteiger partial charge is 0.493 e. The minimum Gasteiger partial charge on any atom is -0.493 e. The molecule has 0 radical (unpaired) electrons. The van der Waals surface area contributed by atoms with Crippen LogP contribution < -0.4 is 19.5 Å². The van der Waals surface area contributed by atoms with E-state index in [0.29, 0.717) is 28.7 Å². The highest BCUT2D eigenvalue weighted by Crippen LogP contribution is 2.38. The Hall–Kier alpha value is -2.35. The molecule has 126 valence electrons. The molecule has 0 spiro atoms. The van der Waals surface area contributed by atoms with E-state index in [1.54, 1.807) is 12.1 Å². The molecule has 1 aromatic carbocycles. The molecule has 5 nitrogen and oxygen atoms in total. The topological polar surface area (TPSA) is 56.8 Å². The zero-order valence-corrected chi connectivity index (χ0v) is 14.4. The van der Waals surface area contributed by atoms with Crippen molar-refractivity contribution in [1.82, 2.24) is 5.32 Å². The van der Waals surface area contributed by atoms with Crippen LogP contribution in [0.15, 0.2) is 12.1 Å². The van der Waals surface area contributed by atoms with Gasteiger partial charge in [-0.1, -0.05) is 26.2 Å². The summed E-state index contributed by atoms with van der Waals surface area (Å²) in [7, 11) is 3.00. The molecular formula is C18H25NO4. The summed E-state index contributed by atoms with van der Waals surface area (Å²) >= 11 is 0. The van der Waals surface area contributed by atoms with Gasteiger partial charge in [0.1, 0.15) is 6.61 Å². The van der Waals surface area contributed by atoms with E-state index in [1.165, 1.54) is 14.2 Å². The summed E-state index contributed by atoms with van der Waals surface area (Å²) < 4.78 is 16.0. The summed E-state index contributed by atoms with van der Waals surface area (Å²) in [6.07, 6.45) is 6.21. The highest BCUT2D eigenvalue weighted by atomic mass is 16.5. The van der Waals surface area contributed by atoms with Gasteiger partial charge in [0.15, 0.2) is 11.5 Å². The van der Waals surface area contributed by atoms with Gasteiger partial charge in [-0.25, -0.2) is 0 Å². The van der Waals surface area contributed by atoms with Gasteiger partial charge in [0.05, 0.1) is 14.2 Å². The SMILES string of the molecule is C#CCOc1c(OC)cc(C(=O)NC(C)C(C)CC)cc1OC. The Labute approximate surface area is 138 Å². The van der Waals surface area contributed by atoms with Crippen molar-refractivity contribution >= 4 is 5.91 Å². The van der Waals surface area contributed by atoms with Gasteiger partial charge in [0.2, 0.25) is 5.75 Å². The Balaban J connectivity index is 3.08. The molecule has 1 N–H and O–H groups in total. The molecule has 2 atom stereocenters. The predicted molar refractivity (Wildman–Crippen MR) is 90.3 cm³/mol. The third-order valence-corrected chi connectivity index (χ3v) is 3.88. The molecule has 0 aliphatic heterocycles. The lowest BCUT2D eigenvalue weighted by Crippen LogP contribution is -2.36. The monoisotopic (exact) mass is 319 g/mol. The smallest absolute Gasteiger partial charge is 0.251 e. The summed E-state index contributed by atoms with van der Waals surface area (Å²) in [5.41, 5.74) is 0.446. The summed E-state index contributed by atoms with van der Waals surface area (Å²) in [6.45, 7) is 6.27. The first-order valence-electron chi connectivity index (χ1n) is 7.61. The molecule has 0 aromatic heterocycles. The van der Waals surface area contributed by atoms with Crippen LogP contribution in [-0.4, -0.2) is 32.8 Å². The average Bonchev–Trinajstić information content (AvgIpc) is 2.57. The molecule has 23 heavy (non-hydrogen) atoms. The number of hydrogen-bond donors (Lipinski definition) is 1. The number of amides is 1. The second-order valence-corrected chi connectivity index (χ2v) is 5.35. The lowest BCUT2D eigenvalue weighted by molar-refractivity contribution is 0.0927. The standard InChI is InChI=1S/C18H25NO4/c1-7-9-23-17-15(21-5)10-14(11-16(17)22-6)18(20)19-13(4)12(3)8-2/h1,10-13H,8-9H2,2-6H3,(H,19,20). The fourth-order valence-electron chi connectivity index (χ4n) is 2.05. The van der Waals surface area contributed by atoms with Crippen molar-refractivity contribution in [1.29, 1.82) is 0 Å². The van der Waals surface area contributed by atoms with Gasteiger partial charge in [-0.05, 0) is 25.0 Å². The maximum atomic E-state index is 12.4. The third-order valence-electron chi connectivity index (χ3n) is 3.88. The van der Waals surface area contributed by atoms with E-state index in [4.69, 9.17) is 20.6 Å². The number of methoxy groups -OCH3 is 2. The summed E-state index contributed by atoms with van der Waals surface area (Å²) in [6, 6.07) is 3.31. The number of ether oxygens (including phenoxy) is 3. The van der Waals surface area contributed by atoms with Crippen LogP contribution in [0, 0.1) is 18.3 Å². The quantitative estimate of drug-likeness (QED) is 0.749. The number of hydrogen-bond acceptors (Lipinski definition) is 4. The van der Waals surface area contributed by atoms with Crippen molar-refractivity contribution < 1.29 is 19.0 Å². The Morgan fingerprint density at radius 3 is 2.26 bits per heavy atom. The Morgan fingerprint density at radius 2 is 1.83 bits per heavy atom. The molecule has 0 bridgehead atoms. The number of nitrogens with one attached hydrogen (secondary N) is 1. The molecule has 1 aromatic rings. The van der Waals surface area contributed by atoms with E-state index in [2.05, 4.69) is 25.1 Å². The van der Waals surface area contributed by atoms with E-state index < -0.39 is 0 Å². The van der Waals surface area contributed by atoms with E-state index >= 15 is 0 Å². The number of terminal acetylenes is 1. The average molecular weight is 319 g/mol. The minimum atomic E-state index is -0.183. The summed E-state index contributed by atoms with van der Waals surface area (Å²) in [5.74, 6) is 3.79. The van der Waals surface area contributed by atoms with Gasteiger partial charge in [-0.3, -0.25) is 4.79 Å². The van der Waals surface area contributed by atoms with E-state index in [0.717, 1.165) is 6.42 Å². The lowest BCUT2D eigenvalue weighted by atomic mass is 10.0. The Bertz CT molecular complexity index is 552. The number of carbonyl (C=O) groups excluding carboxylic acids is 1. The molecule has 0 saturated carbocycles. The molecule has 1 rings (SSSR count). The van der Waals surface area contributed by atoms with Gasteiger partial charge in [-0.15, -0.1) is 6.42 Å². The van der Waals surface area contributed by atoms with Crippen molar-refractivity contribution in [2.45, 2.75) is 33.2 Å². The molecule has 5 heteroatoms. The summed E-state index contributed by atoms with van der Waals surface area (Å²) in [5, 5.41) is 2.99. The van der Waals surface area contributed by atoms with Gasteiger partial charge in [0, 0.05) is 11.6 Å². The van der Waals surface area contributed by atoms with Crippen molar-refractivity contribution in [3.05, 3.63) is 17.7 Å². The van der Waals surface area contributed by atoms with Crippen LogP contribution >= 0.6 is 0 Å². The van der Waals surface area contributed by atoms with Crippen molar-refractivity contribution in [2.24, 2.45) is 5.92 Å². The van der Waals surface area contributed by atoms with Crippen LogP contribution in [0.4, 0.5) is 0 Å². The van der Waals surface area contributed by atoms with Crippen molar-refractivity contribution in [3.8, 4) is 29.6 Å². The van der Waals surface area contributed by atoms with Crippen LogP contribution in [-0.2, 0) is 0 Å². The molecule has 0 saturated heterocycles. The van der Waals surface area contributed by atoms with Gasteiger partial charge in [-0.2, -0.15) is 0 Å². The fourth-order valence-corrected chi connectivity index (χ4v) is 2.05. The highest BCUT2D eigenvalue weighted by molar-refractivity contribution is 5.95. The molecule has 2 unspecified atom stereocenters. The van der Waals surface area contributed by atoms with Crippen LogP contribution in [0.2, 0.25) is 0 Å². The number of benzene rings is 1. The normalized spacial score (nSPS) is 12.7. The Kier molecular flexibility index (Phi) is 7.27. The predicted octanol–water partition coefficient (Wildman–Crippen LogP) is 2.88. The molecule has 0 heterocycles. The van der Waals surface area contributed by atoms with Crippen LogP contribution in [0.5, 0.6) is 17.2 Å². The molecule has 0 aliphatic carbocycles. The first-order chi connectivity index (χ1) is 11.0. The zero-order valence-electron chi connectivity index (χ0n) is 14.4. The highest BCUT2D eigenvalue weighted by Gasteiger charge is 2.20. The summed E-state index contributed by atoms with van der Waals surface area (Å²) in [4.78, 5) is 12.4. The van der Waals surface area contributed by atoms with Gasteiger partial charge in [0.25, 0.3) is 5.91 Å². The number of rotatable bonds is 8. The molecular weight excluding hydrogens is 294 g/mol. The molecule has 0 aliphatic rings. The Morgan fingerprint density at radius 1 is 1.26 bits per heavy atom. The maximum Gasteiger partial charge on any atom is 0.251 e. The number of carbonyl (C=O) groups is 1. The van der Waals surface area contributed by atoms with Crippen molar-refractivity contribution in [3.63, 3.8) is 0 Å².